The average Bonchev–Trinajstić information content (AvgIpc) is 2.86. The zero-order valence-corrected chi connectivity index (χ0v) is 10.9. The monoisotopic (exact) mass is 274 g/mol. The summed E-state index contributed by atoms with van der Waals surface area (Å²) in [6.07, 6.45) is 4.70. The summed E-state index contributed by atoms with van der Waals surface area (Å²) in [6, 6.07) is 2.53. The smallest absolute Gasteiger partial charge is 0.326 e. The molecule has 1 aromatic rings. The predicted octanol–water partition coefficient (Wildman–Crippen LogP) is 2.44. The van der Waals surface area contributed by atoms with Crippen LogP contribution in [0.3, 0.4) is 0 Å². The molecule has 2 aliphatic rings. The van der Waals surface area contributed by atoms with E-state index in [1.165, 1.54) is 6.07 Å². The maximum absolute atomic E-state index is 11.4. The van der Waals surface area contributed by atoms with Gasteiger partial charge in [0.15, 0.2) is 0 Å². The zero-order valence-electron chi connectivity index (χ0n) is 10.9. The SMILES string of the molecule is Cc1c([N+](=O)[O-])ccc2c1N[C@@H](C(=O)O)[C@H]1CC=C[C@@H]21. The molecular weight excluding hydrogens is 260 g/mol. The Bertz CT molecular complexity index is 638. The van der Waals surface area contributed by atoms with Crippen LogP contribution in [0.15, 0.2) is 24.3 Å². The van der Waals surface area contributed by atoms with Gasteiger partial charge in [0.25, 0.3) is 5.69 Å². The fraction of sp³-hybridized carbons (Fsp3) is 0.357. The highest BCUT2D eigenvalue weighted by atomic mass is 16.6. The van der Waals surface area contributed by atoms with Gasteiger partial charge < -0.3 is 10.4 Å². The zero-order chi connectivity index (χ0) is 14.4. The summed E-state index contributed by atoms with van der Waals surface area (Å²) in [4.78, 5) is 22.0. The van der Waals surface area contributed by atoms with E-state index < -0.39 is 16.9 Å². The van der Waals surface area contributed by atoms with Crippen molar-refractivity contribution in [3.05, 3.63) is 45.5 Å². The number of nitro benzene ring substituents is 1. The largest absolute Gasteiger partial charge is 0.480 e. The molecule has 6 nitrogen and oxygen atoms in total. The molecule has 0 aromatic heterocycles. The Kier molecular flexibility index (Phi) is 2.74. The van der Waals surface area contributed by atoms with Crippen LogP contribution in [0.1, 0.15) is 23.5 Å². The molecule has 1 aliphatic carbocycles. The summed E-state index contributed by atoms with van der Waals surface area (Å²) in [7, 11) is 0. The number of anilines is 1. The molecule has 2 N–H and O–H groups in total. The first kappa shape index (κ1) is 12.7. The molecule has 0 fully saturated rings. The third-order valence-corrected chi connectivity index (χ3v) is 4.23. The van der Waals surface area contributed by atoms with Crippen LogP contribution in [-0.4, -0.2) is 22.0 Å². The quantitative estimate of drug-likeness (QED) is 0.491. The summed E-state index contributed by atoms with van der Waals surface area (Å²) in [5, 5.41) is 23.3. The summed E-state index contributed by atoms with van der Waals surface area (Å²) >= 11 is 0. The highest BCUT2D eigenvalue weighted by Gasteiger charge is 2.42. The number of nitrogens with one attached hydrogen (secondary N) is 1. The molecule has 3 atom stereocenters. The van der Waals surface area contributed by atoms with E-state index in [1.54, 1.807) is 13.0 Å². The van der Waals surface area contributed by atoms with Gasteiger partial charge in [-0.25, -0.2) is 4.79 Å². The Balaban J connectivity index is 2.15. The number of allylic oxidation sites excluding steroid dienone is 2. The molecule has 0 amide bonds. The minimum absolute atomic E-state index is 0.0146. The van der Waals surface area contributed by atoms with E-state index >= 15 is 0 Å². The number of hydrogen-bond donors (Lipinski definition) is 2. The number of aliphatic carboxylic acids is 1. The van der Waals surface area contributed by atoms with E-state index in [-0.39, 0.29) is 17.5 Å². The van der Waals surface area contributed by atoms with Crippen LogP contribution < -0.4 is 5.32 Å². The van der Waals surface area contributed by atoms with Crippen molar-refractivity contribution in [2.75, 3.05) is 5.32 Å². The lowest BCUT2D eigenvalue weighted by Gasteiger charge is -2.35. The van der Waals surface area contributed by atoms with Crippen LogP contribution in [0.4, 0.5) is 11.4 Å². The molecular formula is C14H14N2O4. The number of nitrogens with zero attached hydrogens (tertiary/aromatic N) is 1. The van der Waals surface area contributed by atoms with Crippen molar-refractivity contribution in [1.29, 1.82) is 0 Å². The summed E-state index contributed by atoms with van der Waals surface area (Å²) in [5.74, 6) is -0.923. The molecule has 1 aromatic carbocycles. The molecule has 1 heterocycles. The summed E-state index contributed by atoms with van der Waals surface area (Å²) < 4.78 is 0. The standard InChI is InChI=1S/C14H14N2O4/c1-7-11(16(19)20)6-5-10-8-3-2-4-9(8)13(14(17)18)15-12(7)10/h2-3,5-6,8-9,13,15H,4H2,1H3,(H,17,18)/t8-,9+,13-/m1/s1. The molecule has 3 rings (SSSR count). The van der Waals surface area contributed by atoms with E-state index in [1.807, 2.05) is 12.2 Å². The number of hydrogen-bond acceptors (Lipinski definition) is 4. The lowest BCUT2D eigenvalue weighted by atomic mass is 9.78. The fourth-order valence-electron chi connectivity index (χ4n) is 3.25. The number of carboxylic acid groups (broad SMARTS) is 1. The van der Waals surface area contributed by atoms with Crippen molar-refractivity contribution in [3.63, 3.8) is 0 Å². The van der Waals surface area contributed by atoms with E-state index in [0.717, 1.165) is 5.56 Å². The van der Waals surface area contributed by atoms with Gasteiger partial charge in [0.2, 0.25) is 0 Å². The van der Waals surface area contributed by atoms with Gasteiger partial charge in [0.05, 0.1) is 10.5 Å². The number of rotatable bonds is 2. The Morgan fingerprint density at radius 3 is 2.90 bits per heavy atom. The lowest BCUT2D eigenvalue weighted by Crippen LogP contribution is -2.42. The van der Waals surface area contributed by atoms with Gasteiger partial charge in [-0.3, -0.25) is 10.1 Å². The second kappa shape index (κ2) is 4.33. The normalized spacial score (nSPS) is 26.6. The molecule has 104 valence electrons. The highest BCUT2D eigenvalue weighted by Crippen LogP contribution is 2.47. The Hall–Kier alpha value is -2.37. The van der Waals surface area contributed by atoms with Crippen molar-refractivity contribution in [2.24, 2.45) is 5.92 Å². The van der Waals surface area contributed by atoms with E-state index in [2.05, 4.69) is 5.32 Å². The van der Waals surface area contributed by atoms with Gasteiger partial charge in [0, 0.05) is 23.6 Å². The molecule has 0 bridgehead atoms. The minimum Gasteiger partial charge on any atom is -0.480 e. The first-order valence-electron chi connectivity index (χ1n) is 6.44. The first-order chi connectivity index (χ1) is 9.50. The van der Waals surface area contributed by atoms with E-state index in [4.69, 9.17) is 0 Å². The molecule has 6 heteroatoms. The molecule has 0 saturated heterocycles. The predicted molar refractivity (Wildman–Crippen MR) is 72.9 cm³/mol. The molecule has 0 saturated carbocycles. The topological polar surface area (TPSA) is 92.5 Å². The van der Waals surface area contributed by atoms with E-state index in [0.29, 0.717) is 17.7 Å². The maximum Gasteiger partial charge on any atom is 0.326 e. The summed E-state index contributed by atoms with van der Waals surface area (Å²) in [5.41, 5.74) is 2.06. The summed E-state index contributed by atoms with van der Waals surface area (Å²) in [6.45, 7) is 1.65. The Labute approximate surface area is 115 Å². The number of carboxylic acids is 1. The number of carbonyl (C=O) groups is 1. The van der Waals surface area contributed by atoms with Crippen molar-refractivity contribution in [3.8, 4) is 0 Å². The Morgan fingerprint density at radius 2 is 2.25 bits per heavy atom. The third-order valence-electron chi connectivity index (χ3n) is 4.23. The fourth-order valence-corrected chi connectivity index (χ4v) is 3.25. The van der Waals surface area contributed by atoms with Crippen LogP contribution in [0.25, 0.3) is 0 Å². The van der Waals surface area contributed by atoms with E-state index in [9.17, 15) is 20.0 Å². The third kappa shape index (κ3) is 1.68. The lowest BCUT2D eigenvalue weighted by molar-refractivity contribution is -0.385. The van der Waals surface area contributed by atoms with Crippen LogP contribution in [-0.2, 0) is 4.79 Å². The average molecular weight is 274 g/mol. The van der Waals surface area contributed by atoms with Gasteiger partial charge in [-0.2, -0.15) is 0 Å². The van der Waals surface area contributed by atoms with Crippen LogP contribution in [0.5, 0.6) is 0 Å². The van der Waals surface area contributed by atoms with Gasteiger partial charge in [-0.15, -0.1) is 0 Å². The Morgan fingerprint density at radius 1 is 1.50 bits per heavy atom. The second-order valence-corrected chi connectivity index (χ2v) is 5.24. The van der Waals surface area contributed by atoms with Gasteiger partial charge in [-0.05, 0) is 25.0 Å². The van der Waals surface area contributed by atoms with Gasteiger partial charge in [0.1, 0.15) is 6.04 Å². The molecule has 0 radical (unpaired) electrons. The van der Waals surface area contributed by atoms with Crippen LogP contribution >= 0.6 is 0 Å². The number of fused-ring (bicyclic) bond motifs is 3. The van der Waals surface area contributed by atoms with Gasteiger partial charge in [-0.1, -0.05) is 12.2 Å². The van der Waals surface area contributed by atoms with Crippen molar-refractivity contribution in [2.45, 2.75) is 25.3 Å². The number of benzene rings is 1. The second-order valence-electron chi connectivity index (χ2n) is 5.24. The van der Waals surface area contributed by atoms with Crippen molar-refractivity contribution in [1.82, 2.24) is 0 Å². The molecule has 20 heavy (non-hydrogen) atoms. The van der Waals surface area contributed by atoms with Crippen LogP contribution in [0, 0.1) is 23.0 Å². The number of nitro groups is 1. The highest BCUT2D eigenvalue weighted by molar-refractivity contribution is 5.82. The first-order valence-corrected chi connectivity index (χ1v) is 6.44. The minimum atomic E-state index is -0.916. The molecule has 0 unspecified atom stereocenters. The van der Waals surface area contributed by atoms with Crippen molar-refractivity contribution < 1.29 is 14.8 Å². The molecule has 1 aliphatic heterocycles. The maximum atomic E-state index is 11.4. The van der Waals surface area contributed by atoms with Crippen LogP contribution in [0.2, 0.25) is 0 Å². The van der Waals surface area contributed by atoms with Gasteiger partial charge >= 0.3 is 5.97 Å². The van der Waals surface area contributed by atoms with Crippen molar-refractivity contribution >= 4 is 17.3 Å². The molecule has 0 spiro atoms.